The second-order valence-electron chi connectivity index (χ2n) is 5.41. The third-order valence-corrected chi connectivity index (χ3v) is 3.68. The van der Waals surface area contributed by atoms with E-state index < -0.39 is 5.41 Å². The number of hydrogen-bond donors (Lipinski definition) is 2. The van der Waals surface area contributed by atoms with Crippen molar-refractivity contribution in [1.82, 2.24) is 0 Å². The Morgan fingerprint density at radius 3 is 2.06 bits per heavy atom. The van der Waals surface area contributed by atoms with Gasteiger partial charge in [0, 0.05) is 11.8 Å². The van der Waals surface area contributed by atoms with Gasteiger partial charge in [-0.1, -0.05) is 40.0 Å². The van der Waals surface area contributed by atoms with Crippen molar-refractivity contribution in [2.24, 2.45) is 22.8 Å². The summed E-state index contributed by atoms with van der Waals surface area (Å²) in [6.45, 7) is 5.86. The maximum absolute atomic E-state index is 11.2. The molecule has 0 saturated carbocycles. The van der Waals surface area contributed by atoms with Crippen LogP contribution in [-0.2, 0) is 9.59 Å². The van der Waals surface area contributed by atoms with E-state index >= 15 is 0 Å². The summed E-state index contributed by atoms with van der Waals surface area (Å²) in [5.41, 5.74) is 9.98. The van der Waals surface area contributed by atoms with E-state index in [0.717, 1.165) is 32.1 Å². The summed E-state index contributed by atoms with van der Waals surface area (Å²) in [5.74, 6) is -0.178. The second kappa shape index (κ2) is 7.30. The fourth-order valence-corrected chi connectivity index (χ4v) is 1.71. The van der Waals surface area contributed by atoms with Gasteiger partial charge in [-0.3, -0.25) is 9.59 Å². The van der Waals surface area contributed by atoms with Crippen molar-refractivity contribution in [2.45, 2.75) is 59.3 Å². The lowest BCUT2D eigenvalue weighted by Crippen LogP contribution is -2.37. The maximum Gasteiger partial charge on any atom is 0.223 e. The average Bonchev–Trinajstić information content (AvgIpc) is 2.21. The molecule has 0 fully saturated rings. The van der Waals surface area contributed by atoms with Crippen molar-refractivity contribution in [3.05, 3.63) is 0 Å². The molecule has 0 aromatic heterocycles. The highest BCUT2D eigenvalue weighted by atomic mass is 16.1. The molecule has 0 heterocycles. The molecule has 4 nitrogen and oxygen atoms in total. The molecule has 100 valence electrons. The van der Waals surface area contributed by atoms with Crippen LogP contribution in [0.3, 0.4) is 0 Å². The quantitative estimate of drug-likeness (QED) is 0.605. The highest BCUT2D eigenvalue weighted by Gasteiger charge is 2.31. The van der Waals surface area contributed by atoms with Crippen LogP contribution in [0.1, 0.15) is 59.3 Å². The molecular weight excluding hydrogens is 216 g/mol. The molecule has 0 spiro atoms. The summed E-state index contributed by atoms with van der Waals surface area (Å²) in [4.78, 5) is 21.8. The van der Waals surface area contributed by atoms with E-state index in [0.29, 0.717) is 6.42 Å². The summed E-state index contributed by atoms with van der Waals surface area (Å²) in [5, 5.41) is 0. The van der Waals surface area contributed by atoms with Crippen molar-refractivity contribution in [3.63, 3.8) is 0 Å². The van der Waals surface area contributed by atoms with Gasteiger partial charge in [-0.05, 0) is 18.8 Å². The van der Waals surface area contributed by atoms with Crippen molar-refractivity contribution < 1.29 is 9.59 Å². The van der Waals surface area contributed by atoms with E-state index in [4.69, 9.17) is 11.5 Å². The number of carbonyl (C=O) groups is 2. The zero-order valence-corrected chi connectivity index (χ0v) is 11.3. The number of hydrogen-bond acceptors (Lipinski definition) is 2. The Bertz CT molecular complexity index is 262. The largest absolute Gasteiger partial charge is 0.370 e. The third-order valence-electron chi connectivity index (χ3n) is 3.68. The van der Waals surface area contributed by atoms with E-state index in [-0.39, 0.29) is 17.7 Å². The van der Waals surface area contributed by atoms with Gasteiger partial charge < -0.3 is 11.5 Å². The van der Waals surface area contributed by atoms with Crippen LogP contribution in [0.5, 0.6) is 0 Å². The Morgan fingerprint density at radius 1 is 1.06 bits per heavy atom. The smallest absolute Gasteiger partial charge is 0.223 e. The molecule has 0 radical (unpaired) electrons. The molecule has 0 aliphatic heterocycles. The lowest BCUT2D eigenvalue weighted by Gasteiger charge is -2.28. The lowest BCUT2D eigenvalue weighted by atomic mass is 9.77. The Hall–Kier alpha value is -1.06. The van der Waals surface area contributed by atoms with E-state index in [1.54, 1.807) is 0 Å². The molecule has 0 bridgehead atoms. The predicted molar refractivity (Wildman–Crippen MR) is 69.0 cm³/mol. The van der Waals surface area contributed by atoms with Gasteiger partial charge in [-0.15, -0.1) is 0 Å². The first-order valence-corrected chi connectivity index (χ1v) is 6.36. The van der Waals surface area contributed by atoms with E-state index in [1.165, 1.54) is 0 Å². The summed E-state index contributed by atoms with van der Waals surface area (Å²) in [6, 6.07) is 0. The normalized spacial score (nSPS) is 13.4. The van der Waals surface area contributed by atoms with Crippen LogP contribution < -0.4 is 11.5 Å². The Labute approximate surface area is 104 Å². The zero-order valence-electron chi connectivity index (χ0n) is 11.3. The number of carbonyl (C=O) groups excluding carboxylic acids is 2. The van der Waals surface area contributed by atoms with Gasteiger partial charge in [-0.25, -0.2) is 0 Å². The molecule has 0 saturated heterocycles. The monoisotopic (exact) mass is 242 g/mol. The van der Waals surface area contributed by atoms with Gasteiger partial charge >= 0.3 is 0 Å². The van der Waals surface area contributed by atoms with Gasteiger partial charge in [-0.2, -0.15) is 0 Å². The molecular formula is C13H26N2O2. The standard InChI is InChI=1S/C13H26N2O2/c1-10(13(2,3)12(15)17)8-6-4-5-7-9-11(14)16/h10H,4-9H2,1-3H3,(H2,14,16)(H2,15,17). The van der Waals surface area contributed by atoms with E-state index in [1.807, 2.05) is 13.8 Å². The third kappa shape index (κ3) is 6.29. The molecule has 0 aliphatic rings. The van der Waals surface area contributed by atoms with Gasteiger partial charge in [0.15, 0.2) is 0 Å². The summed E-state index contributed by atoms with van der Waals surface area (Å²) >= 11 is 0. The molecule has 4 heteroatoms. The maximum atomic E-state index is 11.2. The van der Waals surface area contributed by atoms with Crippen LogP contribution in [0.15, 0.2) is 0 Å². The molecule has 0 aromatic rings. The van der Waals surface area contributed by atoms with Gasteiger partial charge in [0.25, 0.3) is 0 Å². The first-order valence-electron chi connectivity index (χ1n) is 6.36. The number of primary amides is 2. The molecule has 0 rings (SSSR count). The minimum Gasteiger partial charge on any atom is -0.370 e. The topological polar surface area (TPSA) is 86.2 Å². The number of unbranched alkanes of at least 4 members (excludes halogenated alkanes) is 3. The fraction of sp³-hybridized carbons (Fsp3) is 0.846. The minimum absolute atomic E-state index is 0.228. The molecule has 0 aromatic carbocycles. The summed E-state index contributed by atoms with van der Waals surface area (Å²) < 4.78 is 0. The summed E-state index contributed by atoms with van der Waals surface area (Å²) in [6.07, 6.45) is 5.49. The molecule has 4 N–H and O–H groups in total. The second-order valence-corrected chi connectivity index (χ2v) is 5.41. The molecule has 1 atom stereocenters. The predicted octanol–water partition coefficient (Wildman–Crippen LogP) is 1.96. The van der Waals surface area contributed by atoms with Crippen LogP contribution >= 0.6 is 0 Å². The van der Waals surface area contributed by atoms with Crippen LogP contribution in [-0.4, -0.2) is 11.8 Å². The zero-order chi connectivity index (χ0) is 13.5. The van der Waals surface area contributed by atoms with Gasteiger partial charge in [0.1, 0.15) is 0 Å². The number of rotatable bonds is 9. The van der Waals surface area contributed by atoms with E-state index in [9.17, 15) is 9.59 Å². The number of amides is 2. The molecule has 17 heavy (non-hydrogen) atoms. The molecule has 2 amide bonds. The first kappa shape index (κ1) is 15.9. The fourth-order valence-electron chi connectivity index (χ4n) is 1.71. The highest BCUT2D eigenvalue weighted by Crippen LogP contribution is 2.30. The van der Waals surface area contributed by atoms with Crippen LogP contribution in [0.2, 0.25) is 0 Å². The Morgan fingerprint density at radius 2 is 1.59 bits per heavy atom. The van der Waals surface area contributed by atoms with Crippen molar-refractivity contribution in [2.75, 3.05) is 0 Å². The van der Waals surface area contributed by atoms with Gasteiger partial charge in [0.2, 0.25) is 11.8 Å². The summed E-state index contributed by atoms with van der Waals surface area (Å²) in [7, 11) is 0. The Kier molecular flexibility index (Phi) is 6.85. The average molecular weight is 242 g/mol. The lowest BCUT2D eigenvalue weighted by molar-refractivity contribution is -0.128. The van der Waals surface area contributed by atoms with Crippen molar-refractivity contribution in [1.29, 1.82) is 0 Å². The minimum atomic E-state index is -0.437. The van der Waals surface area contributed by atoms with Crippen LogP contribution in [0.4, 0.5) is 0 Å². The number of nitrogens with two attached hydrogens (primary N) is 2. The van der Waals surface area contributed by atoms with Crippen LogP contribution in [0.25, 0.3) is 0 Å². The van der Waals surface area contributed by atoms with Gasteiger partial charge in [0.05, 0.1) is 0 Å². The SMILES string of the molecule is CC(CCCCCCC(N)=O)C(C)(C)C(N)=O. The first-order chi connectivity index (χ1) is 7.78. The van der Waals surface area contributed by atoms with Crippen LogP contribution in [0, 0.1) is 11.3 Å². The molecule has 1 unspecified atom stereocenters. The highest BCUT2D eigenvalue weighted by molar-refractivity contribution is 5.80. The van der Waals surface area contributed by atoms with E-state index in [2.05, 4.69) is 6.92 Å². The van der Waals surface area contributed by atoms with Crippen molar-refractivity contribution >= 4 is 11.8 Å². The van der Waals surface area contributed by atoms with Crippen molar-refractivity contribution in [3.8, 4) is 0 Å². The Balaban J connectivity index is 3.68. The molecule has 0 aliphatic carbocycles.